The largest absolute Gasteiger partial charge is 0.438 e. The summed E-state index contributed by atoms with van der Waals surface area (Å²) >= 11 is 0. The smallest absolute Gasteiger partial charge is 0.311 e. The van der Waals surface area contributed by atoms with E-state index in [9.17, 15) is 19.8 Å². The predicted octanol–water partition coefficient (Wildman–Crippen LogP) is -1.68. The van der Waals surface area contributed by atoms with Gasteiger partial charge in [-0.05, 0) is 26.7 Å². The number of hydrogen-bond acceptors (Lipinski definition) is 9. The zero-order valence-corrected chi connectivity index (χ0v) is 14.7. The third kappa shape index (κ3) is 3.71. The molecule has 0 aromatic rings. The molecule has 26 heavy (non-hydrogen) atoms. The van der Waals surface area contributed by atoms with Gasteiger partial charge in [-0.2, -0.15) is 0 Å². The van der Waals surface area contributed by atoms with Crippen LogP contribution in [0, 0.1) is 5.92 Å². The fraction of sp³-hybridized carbons (Fsp3) is 0.875. The van der Waals surface area contributed by atoms with E-state index in [1.54, 1.807) is 13.8 Å². The summed E-state index contributed by atoms with van der Waals surface area (Å²) in [6.07, 6.45) is -4.77. The number of piperidine rings is 1. The number of aliphatic hydroxyl groups excluding tert-OH is 3. The minimum atomic E-state index is -1.56. The second-order valence-electron chi connectivity index (χ2n) is 7.20. The molecule has 1 amide bonds. The van der Waals surface area contributed by atoms with Crippen LogP contribution in [0.2, 0.25) is 0 Å². The van der Waals surface area contributed by atoms with E-state index in [2.05, 4.69) is 4.74 Å². The Morgan fingerprint density at radius 3 is 2.50 bits per heavy atom. The van der Waals surface area contributed by atoms with Crippen LogP contribution in [0.3, 0.4) is 0 Å². The number of esters is 1. The van der Waals surface area contributed by atoms with Crippen LogP contribution in [0.15, 0.2) is 0 Å². The van der Waals surface area contributed by atoms with Crippen molar-refractivity contribution in [1.29, 1.82) is 0 Å². The molecule has 0 aromatic heterocycles. The second-order valence-corrected chi connectivity index (χ2v) is 7.20. The number of rotatable bonds is 4. The van der Waals surface area contributed by atoms with Gasteiger partial charge in [0, 0.05) is 13.1 Å². The minimum absolute atomic E-state index is 0.261. The lowest BCUT2D eigenvalue weighted by atomic mass is 9.96. The highest BCUT2D eigenvalue weighted by atomic mass is 16.8. The third-order valence-electron chi connectivity index (χ3n) is 4.96. The Morgan fingerprint density at radius 1 is 1.27 bits per heavy atom. The predicted molar refractivity (Wildman–Crippen MR) is 83.2 cm³/mol. The van der Waals surface area contributed by atoms with E-state index >= 15 is 0 Å². The van der Waals surface area contributed by atoms with E-state index in [4.69, 9.17) is 19.3 Å². The van der Waals surface area contributed by atoms with E-state index < -0.39 is 55.2 Å². The van der Waals surface area contributed by atoms with Crippen LogP contribution in [0.4, 0.5) is 0 Å². The highest BCUT2D eigenvalue weighted by molar-refractivity contribution is 5.82. The maximum atomic E-state index is 12.5. The fourth-order valence-electron chi connectivity index (χ4n) is 3.62. The molecule has 0 bridgehead atoms. The molecule has 3 saturated heterocycles. The van der Waals surface area contributed by atoms with Crippen molar-refractivity contribution in [3.63, 3.8) is 0 Å². The summed E-state index contributed by atoms with van der Waals surface area (Å²) in [5.74, 6) is -2.37. The van der Waals surface area contributed by atoms with E-state index in [0.29, 0.717) is 12.8 Å². The number of likely N-dealkylation sites (tertiary alicyclic amines) is 1. The van der Waals surface area contributed by atoms with Crippen molar-refractivity contribution in [2.24, 2.45) is 5.92 Å². The van der Waals surface area contributed by atoms with Gasteiger partial charge in [-0.25, -0.2) is 0 Å². The van der Waals surface area contributed by atoms with Crippen LogP contribution in [0.5, 0.6) is 0 Å². The molecule has 0 aromatic carbocycles. The molecule has 3 heterocycles. The number of aliphatic hydroxyl groups is 3. The molecule has 0 spiro atoms. The lowest BCUT2D eigenvalue weighted by Gasteiger charge is -2.34. The van der Waals surface area contributed by atoms with Crippen molar-refractivity contribution in [3.8, 4) is 0 Å². The Kier molecular flexibility index (Phi) is 5.52. The summed E-state index contributed by atoms with van der Waals surface area (Å²) < 4.78 is 21.1. The minimum Gasteiger partial charge on any atom is -0.438 e. The fourth-order valence-corrected chi connectivity index (χ4v) is 3.62. The van der Waals surface area contributed by atoms with Gasteiger partial charge in [-0.1, -0.05) is 0 Å². The van der Waals surface area contributed by atoms with Crippen molar-refractivity contribution in [1.82, 2.24) is 4.90 Å². The Hall–Kier alpha value is -1.30. The molecule has 3 N–H and O–H groups in total. The van der Waals surface area contributed by atoms with Crippen LogP contribution < -0.4 is 0 Å². The lowest BCUT2D eigenvalue weighted by molar-refractivity contribution is -0.226. The highest BCUT2D eigenvalue weighted by Gasteiger charge is 2.57. The summed E-state index contributed by atoms with van der Waals surface area (Å²) in [5, 5.41) is 29.3. The summed E-state index contributed by atoms with van der Waals surface area (Å²) in [6.45, 7) is 3.22. The van der Waals surface area contributed by atoms with Gasteiger partial charge in [0.15, 0.2) is 25.0 Å². The van der Waals surface area contributed by atoms with Crippen LogP contribution >= 0.6 is 0 Å². The molecule has 0 aliphatic carbocycles. The van der Waals surface area contributed by atoms with Gasteiger partial charge >= 0.3 is 5.97 Å². The SMILES string of the molecule is CC1(C)OC2O[C@H](C(O)C(=O)N3CCC(C(=O)OCO)CC3)[C@H](O)C2O1. The van der Waals surface area contributed by atoms with E-state index in [-0.39, 0.29) is 19.0 Å². The topological polar surface area (TPSA) is 135 Å². The lowest BCUT2D eigenvalue weighted by Crippen LogP contribution is -2.52. The molecular formula is C16H25NO9. The van der Waals surface area contributed by atoms with Gasteiger partial charge in [0.2, 0.25) is 0 Å². The third-order valence-corrected chi connectivity index (χ3v) is 4.96. The van der Waals surface area contributed by atoms with E-state index in [0.717, 1.165) is 0 Å². The van der Waals surface area contributed by atoms with Crippen molar-refractivity contribution < 1.29 is 43.9 Å². The molecule has 5 atom stereocenters. The van der Waals surface area contributed by atoms with Crippen LogP contribution in [-0.4, -0.2) is 88.5 Å². The molecule has 148 valence electrons. The van der Waals surface area contributed by atoms with Gasteiger partial charge in [-0.3, -0.25) is 9.59 Å². The van der Waals surface area contributed by atoms with Crippen molar-refractivity contribution in [3.05, 3.63) is 0 Å². The van der Waals surface area contributed by atoms with Gasteiger partial charge in [0.1, 0.15) is 18.3 Å². The summed E-state index contributed by atoms with van der Waals surface area (Å²) in [5.41, 5.74) is 0. The van der Waals surface area contributed by atoms with Gasteiger partial charge in [0.25, 0.3) is 5.91 Å². The van der Waals surface area contributed by atoms with Crippen molar-refractivity contribution in [2.75, 3.05) is 19.9 Å². The molecule has 10 heteroatoms. The number of hydrogen-bond donors (Lipinski definition) is 3. The molecule has 3 aliphatic heterocycles. The van der Waals surface area contributed by atoms with Crippen LogP contribution in [0.25, 0.3) is 0 Å². The first-order chi connectivity index (χ1) is 12.2. The van der Waals surface area contributed by atoms with Gasteiger partial charge in [-0.15, -0.1) is 0 Å². The average Bonchev–Trinajstić information content (AvgIpc) is 3.07. The van der Waals surface area contributed by atoms with Gasteiger partial charge < -0.3 is 39.2 Å². The zero-order chi connectivity index (χ0) is 19.1. The number of carbonyl (C=O) groups excluding carboxylic acids is 2. The average molecular weight is 375 g/mol. The Balaban J connectivity index is 1.54. The Morgan fingerprint density at radius 2 is 1.92 bits per heavy atom. The molecular weight excluding hydrogens is 350 g/mol. The molecule has 0 saturated carbocycles. The number of ether oxygens (including phenoxy) is 4. The molecule has 3 unspecified atom stereocenters. The summed E-state index contributed by atoms with van der Waals surface area (Å²) in [7, 11) is 0. The monoisotopic (exact) mass is 375 g/mol. The zero-order valence-electron chi connectivity index (χ0n) is 14.7. The standard InChI is InChI=1S/C16H25NO9/c1-16(2)25-12-9(19)11(24-15(12)26-16)10(20)13(21)17-5-3-8(4-6-17)14(22)23-7-18/h8-12,15,18-20H,3-7H2,1-2H3/t9-,10?,11-,12?,15?/m0/s1. The second kappa shape index (κ2) is 7.37. The summed E-state index contributed by atoms with van der Waals surface area (Å²) in [4.78, 5) is 25.6. The Labute approximate surface area is 150 Å². The molecule has 3 fully saturated rings. The van der Waals surface area contributed by atoms with Crippen LogP contribution in [0.1, 0.15) is 26.7 Å². The molecule has 0 radical (unpaired) electrons. The molecule has 3 rings (SSSR count). The van der Waals surface area contributed by atoms with Crippen LogP contribution in [-0.2, 0) is 28.5 Å². The number of fused-ring (bicyclic) bond motifs is 1. The first-order valence-corrected chi connectivity index (χ1v) is 8.67. The maximum absolute atomic E-state index is 12.5. The molecule has 10 nitrogen and oxygen atoms in total. The molecule has 3 aliphatic rings. The normalized spacial score (nSPS) is 35.2. The van der Waals surface area contributed by atoms with Gasteiger partial charge in [0.05, 0.1) is 5.92 Å². The van der Waals surface area contributed by atoms with E-state index in [1.165, 1.54) is 4.90 Å². The number of carbonyl (C=O) groups is 2. The van der Waals surface area contributed by atoms with E-state index in [1.807, 2.05) is 0 Å². The first kappa shape index (κ1) is 19.5. The quantitative estimate of drug-likeness (QED) is 0.389. The number of nitrogens with zero attached hydrogens (tertiary/aromatic N) is 1. The Bertz CT molecular complexity index is 546. The number of amides is 1. The van der Waals surface area contributed by atoms with Crippen molar-refractivity contribution in [2.45, 2.75) is 63.2 Å². The summed E-state index contributed by atoms with van der Waals surface area (Å²) in [6, 6.07) is 0. The van der Waals surface area contributed by atoms with Crippen molar-refractivity contribution >= 4 is 11.9 Å². The maximum Gasteiger partial charge on any atom is 0.311 e. The highest BCUT2D eigenvalue weighted by Crippen LogP contribution is 2.38. The first-order valence-electron chi connectivity index (χ1n) is 8.67.